The largest absolute Gasteiger partial charge is 0.495 e. The maximum Gasteiger partial charge on any atom is 0.253 e. The standard InChI is InChI=1S/C20H19Cl2N5O3/c21-12-5-6-15(13(8-12)19(29)24-10-11-3-4-11)25-20(30)16-9-17(28)26-27(16)18-14(22)2-1-7-23-18/h1-2,5-8,11,16H,3-4,9-10H2,(H,24,29)(H,25,30)(H,26,28). The third-order valence-corrected chi connectivity index (χ3v) is 5.42. The van der Waals surface area contributed by atoms with Gasteiger partial charge >= 0.3 is 0 Å². The van der Waals surface area contributed by atoms with Crippen LogP contribution in [-0.2, 0) is 4.79 Å². The molecule has 1 unspecified atom stereocenters. The van der Waals surface area contributed by atoms with Gasteiger partial charge < -0.3 is 15.7 Å². The van der Waals surface area contributed by atoms with Crippen molar-refractivity contribution in [3.63, 3.8) is 0 Å². The van der Waals surface area contributed by atoms with Crippen molar-refractivity contribution in [2.75, 3.05) is 16.9 Å². The zero-order chi connectivity index (χ0) is 21.3. The van der Waals surface area contributed by atoms with Gasteiger partial charge in [0.2, 0.25) is 11.8 Å². The number of aliphatic hydroxyl groups is 1. The van der Waals surface area contributed by atoms with Gasteiger partial charge in [-0.05, 0) is 49.1 Å². The highest BCUT2D eigenvalue weighted by Crippen LogP contribution is 2.30. The van der Waals surface area contributed by atoms with Crippen molar-refractivity contribution in [2.45, 2.75) is 25.3 Å². The van der Waals surface area contributed by atoms with Crippen molar-refractivity contribution in [2.24, 2.45) is 11.0 Å². The van der Waals surface area contributed by atoms with E-state index in [2.05, 4.69) is 20.7 Å². The van der Waals surface area contributed by atoms with E-state index in [4.69, 9.17) is 23.2 Å². The Kier molecular flexibility index (Phi) is 5.78. The molecule has 0 saturated heterocycles. The van der Waals surface area contributed by atoms with E-state index in [1.807, 2.05) is 0 Å². The van der Waals surface area contributed by atoms with Crippen LogP contribution in [0.3, 0.4) is 0 Å². The third-order valence-electron chi connectivity index (χ3n) is 4.89. The second-order valence-corrected chi connectivity index (χ2v) is 8.07. The minimum absolute atomic E-state index is 0.0183. The Hall–Kier alpha value is -2.84. The summed E-state index contributed by atoms with van der Waals surface area (Å²) in [7, 11) is 0. The fourth-order valence-corrected chi connectivity index (χ4v) is 3.50. The first-order chi connectivity index (χ1) is 14.4. The van der Waals surface area contributed by atoms with Crippen molar-refractivity contribution in [3.8, 4) is 0 Å². The molecule has 10 heteroatoms. The number of hydrazone groups is 1. The number of aromatic nitrogens is 1. The first-order valence-electron chi connectivity index (χ1n) is 9.47. The van der Waals surface area contributed by atoms with Gasteiger partial charge in [0.05, 0.1) is 22.7 Å². The van der Waals surface area contributed by atoms with Crippen LogP contribution in [0.15, 0.2) is 41.6 Å². The first kappa shape index (κ1) is 20.4. The lowest BCUT2D eigenvalue weighted by molar-refractivity contribution is -0.117. The number of aliphatic hydroxyl groups excluding tert-OH is 1. The fraction of sp³-hybridized carbons (Fsp3) is 0.300. The van der Waals surface area contributed by atoms with Gasteiger partial charge in [-0.2, -0.15) is 0 Å². The molecule has 4 rings (SSSR count). The summed E-state index contributed by atoms with van der Waals surface area (Å²) in [6, 6.07) is 7.06. The lowest BCUT2D eigenvalue weighted by Gasteiger charge is -2.22. The van der Waals surface area contributed by atoms with Crippen LogP contribution < -0.4 is 15.6 Å². The van der Waals surface area contributed by atoms with Crippen LogP contribution >= 0.6 is 23.2 Å². The minimum atomic E-state index is -0.879. The number of anilines is 2. The molecule has 2 aliphatic rings. The highest BCUT2D eigenvalue weighted by atomic mass is 35.5. The van der Waals surface area contributed by atoms with E-state index < -0.39 is 11.9 Å². The number of amides is 2. The number of nitrogens with one attached hydrogen (secondary N) is 2. The normalized spacial score (nSPS) is 18.1. The van der Waals surface area contributed by atoms with E-state index in [-0.39, 0.29) is 29.6 Å². The topological polar surface area (TPSA) is 107 Å². The summed E-state index contributed by atoms with van der Waals surface area (Å²) < 4.78 is 0. The first-order valence-corrected chi connectivity index (χ1v) is 10.2. The molecule has 1 aromatic heterocycles. The minimum Gasteiger partial charge on any atom is -0.495 e. The Morgan fingerprint density at radius 1 is 1.23 bits per heavy atom. The maximum atomic E-state index is 13.0. The lowest BCUT2D eigenvalue weighted by Crippen LogP contribution is -2.39. The Bertz CT molecular complexity index is 1030. The van der Waals surface area contributed by atoms with Gasteiger partial charge in [0.25, 0.3) is 5.91 Å². The van der Waals surface area contributed by atoms with Gasteiger partial charge in [-0.1, -0.05) is 23.2 Å². The van der Waals surface area contributed by atoms with E-state index in [1.165, 1.54) is 17.3 Å². The average molecular weight is 448 g/mol. The quantitative estimate of drug-likeness (QED) is 0.626. The van der Waals surface area contributed by atoms with Crippen molar-refractivity contribution in [1.82, 2.24) is 10.3 Å². The molecule has 1 fully saturated rings. The van der Waals surface area contributed by atoms with E-state index >= 15 is 0 Å². The molecule has 0 radical (unpaired) electrons. The highest BCUT2D eigenvalue weighted by molar-refractivity contribution is 6.33. The van der Waals surface area contributed by atoms with E-state index in [0.29, 0.717) is 28.2 Å². The predicted molar refractivity (Wildman–Crippen MR) is 115 cm³/mol. The molecule has 0 bridgehead atoms. The maximum absolute atomic E-state index is 13.0. The molecule has 3 N–H and O–H groups in total. The molecular formula is C20H19Cl2N5O3. The number of pyridine rings is 1. The number of hydrogen-bond donors (Lipinski definition) is 3. The van der Waals surface area contributed by atoms with Gasteiger partial charge in [0.15, 0.2) is 5.82 Å². The summed E-state index contributed by atoms with van der Waals surface area (Å²) >= 11 is 12.2. The second-order valence-electron chi connectivity index (χ2n) is 7.22. The van der Waals surface area contributed by atoms with E-state index in [1.54, 1.807) is 24.3 Å². The van der Waals surface area contributed by atoms with Crippen LogP contribution in [0, 0.1) is 5.92 Å². The average Bonchev–Trinajstić information content (AvgIpc) is 3.47. The van der Waals surface area contributed by atoms with Gasteiger partial charge in [-0.3, -0.25) is 9.59 Å². The monoisotopic (exact) mass is 447 g/mol. The Balaban J connectivity index is 1.54. The van der Waals surface area contributed by atoms with Crippen molar-refractivity contribution in [1.29, 1.82) is 0 Å². The lowest BCUT2D eigenvalue weighted by atomic mass is 10.1. The second kappa shape index (κ2) is 8.49. The zero-order valence-electron chi connectivity index (χ0n) is 15.8. The van der Waals surface area contributed by atoms with Crippen molar-refractivity contribution < 1.29 is 14.7 Å². The van der Waals surface area contributed by atoms with Gasteiger partial charge in [0, 0.05) is 17.8 Å². The summed E-state index contributed by atoms with van der Waals surface area (Å²) in [4.78, 5) is 29.8. The molecule has 1 aliphatic heterocycles. The molecule has 0 spiro atoms. The highest BCUT2D eigenvalue weighted by Gasteiger charge is 2.36. The van der Waals surface area contributed by atoms with Gasteiger partial charge in [-0.25, -0.2) is 9.99 Å². The number of rotatable bonds is 6. The van der Waals surface area contributed by atoms with Crippen LogP contribution in [0.1, 0.15) is 29.6 Å². The summed E-state index contributed by atoms with van der Waals surface area (Å²) in [6.07, 6.45) is 3.71. The molecule has 2 heterocycles. The van der Waals surface area contributed by atoms with E-state index in [0.717, 1.165) is 12.8 Å². The molecule has 8 nitrogen and oxygen atoms in total. The Labute approximate surface area is 182 Å². The van der Waals surface area contributed by atoms with E-state index in [9.17, 15) is 14.7 Å². The number of nitrogens with zero attached hydrogens (tertiary/aromatic N) is 3. The molecule has 1 aromatic carbocycles. The smallest absolute Gasteiger partial charge is 0.253 e. The van der Waals surface area contributed by atoms with Crippen LogP contribution in [0.2, 0.25) is 10.0 Å². The van der Waals surface area contributed by atoms with Crippen LogP contribution in [0.4, 0.5) is 11.5 Å². The van der Waals surface area contributed by atoms with Crippen molar-refractivity contribution in [3.05, 3.63) is 52.1 Å². The molecule has 2 amide bonds. The molecule has 156 valence electrons. The molecular weight excluding hydrogens is 429 g/mol. The molecule has 1 atom stereocenters. The molecule has 30 heavy (non-hydrogen) atoms. The van der Waals surface area contributed by atoms with Crippen LogP contribution in [0.5, 0.6) is 0 Å². The number of carbonyl (C=O) groups is 2. The predicted octanol–water partition coefficient (Wildman–Crippen LogP) is 3.62. The molecule has 2 aromatic rings. The van der Waals surface area contributed by atoms with Crippen LogP contribution in [0.25, 0.3) is 0 Å². The SMILES string of the molecule is O=C(NCC1CC1)c1cc(Cl)ccc1NC(=O)C1CC(O)=NN1c1ncccc1Cl. The van der Waals surface area contributed by atoms with Crippen molar-refractivity contribution >= 4 is 52.4 Å². The number of benzene rings is 1. The fourth-order valence-electron chi connectivity index (χ4n) is 3.12. The number of carbonyl (C=O) groups excluding carboxylic acids is 2. The number of hydrogen-bond acceptors (Lipinski definition) is 5. The number of halogens is 2. The molecule has 1 aliphatic carbocycles. The summed E-state index contributed by atoms with van der Waals surface area (Å²) in [5.41, 5.74) is 0.582. The summed E-state index contributed by atoms with van der Waals surface area (Å²) in [5.74, 6) is -0.225. The van der Waals surface area contributed by atoms with Gasteiger partial charge in [0.1, 0.15) is 6.04 Å². The Morgan fingerprint density at radius 3 is 2.77 bits per heavy atom. The summed E-state index contributed by atoms with van der Waals surface area (Å²) in [6.45, 7) is 0.592. The summed E-state index contributed by atoms with van der Waals surface area (Å²) in [5, 5.41) is 21.5. The van der Waals surface area contributed by atoms with Gasteiger partial charge in [-0.15, -0.1) is 5.10 Å². The Morgan fingerprint density at radius 2 is 2.03 bits per heavy atom. The zero-order valence-corrected chi connectivity index (χ0v) is 17.3. The van der Waals surface area contributed by atoms with Crippen LogP contribution in [-0.4, -0.2) is 40.4 Å². The third kappa shape index (κ3) is 4.49. The molecule has 1 saturated carbocycles.